The molecule has 0 saturated carbocycles. The lowest BCUT2D eigenvalue weighted by atomic mass is 9.98. The zero-order chi connectivity index (χ0) is 12.3. The van der Waals surface area contributed by atoms with Crippen molar-refractivity contribution in [3.63, 3.8) is 0 Å². The second kappa shape index (κ2) is 5.37. The molecule has 0 radical (unpaired) electrons. The van der Waals surface area contributed by atoms with Gasteiger partial charge in [-0.25, -0.2) is 4.68 Å². The maximum atomic E-state index is 4.09. The predicted molar refractivity (Wildman–Crippen MR) is 68.7 cm³/mol. The van der Waals surface area contributed by atoms with Crippen LogP contribution in [0, 0.1) is 0 Å². The quantitative estimate of drug-likeness (QED) is 0.924. The van der Waals surface area contributed by atoms with Gasteiger partial charge in [0.15, 0.2) is 5.82 Å². The van der Waals surface area contributed by atoms with E-state index in [0.717, 1.165) is 16.8 Å². The molecule has 1 aromatic carbocycles. The van der Waals surface area contributed by atoms with E-state index >= 15 is 0 Å². The van der Waals surface area contributed by atoms with Crippen molar-refractivity contribution in [2.45, 2.75) is 5.92 Å². The number of hydrogen-bond acceptors (Lipinski definition) is 4. The number of aromatic nitrogens is 4. The van der Waals surface area contributed by atoms with E-state index in [1.54, 1.807) is 4.68 Å². The summed E-state index contributed by atoms with van der Waals surface area (Å²) in [5, 5.41) is 14.9. The second-order valence-corrected chi connectivity index (χ2v) is 4.65. The Kier molecular flexibility index (Phi) is 3.86. The molecule has 1 heterocycles. The highest BCUT2D eigenvalue weighted by Gasteiger charge is 2.20. The van der Waals surface area contributed by atoms with Crippen LogP contribution in [0.3, 0.4) is 0 Å². The molecule has 1 N–H and O–H groups in total. The number of nitrogens with zero attached hydrogens (tertiary/aromatic N) is 4. The van der Waals surface area contributed by atoms with Crippen molar-refractivity contribution in [1.82, 2.24) is 25.5 Å². The van der Waals surface area contributed by atoms with E-state index < -0.39 is 0 Å². The summed E-state index contributed by atoms with van der Waals surface area (Å²) in [6.07, 6.45) is 0. The Morgan fingerprint density at radius 3 is 2.76 bits per heavy atom. The lowest BCUT2D eigenvalue weighted by Gasteiger charge is -2.16. The largest absolute Gasteiger partial charge is 0.319 e. The summed E-state index contributed by atoms with van der Waals surface area (Å²) in [6.45, 7) is 0.789. The van der Waals surface area contributed by atoms with Gasteiger partial charge in [-0.1, -0.05) is 34.1 Å². The van der Waals surface area contributed by atoms with Crippen LogP contribution in [0.4, 0.5) is 0 Å². The van der Waals surface area contributed by atoms with Crippen molar-refractivity contribution < 1.29 is 0 Å². The minimum Gasteiger partial charge on any atom is -0.319 e. The number of tetrazole rings is 1. The Labute approximate surface area is 108 Å². The molecule has 0 aliphatic rings. The number of hydrogen-bond donors (Lipinski definition) is 1. The van der Waals surface area contributed by atoms with Crippen molar-refractivity contribution in [3.05, 3.63) is 40.1 Å². The zero-order valence-corrected chi connectivity index (χ0v) is 11.3. The average Bonchev–Trinajstić information content (AvgIpc) is 2.74. The number of nitrogens with one attached hydrogen (secondary N) is 1. The highest BCUT2D eigenvalue weighted by molar-refractivity contribution is 9.10. The number of rotatable bonds is 4. The van der Waals surface area contributed by atoms with Crippen molar-refractivity contribution >= 4 is 15.9 Å². The summed E-state index contributed by atoms with van der Waals surface area (Å²) in [4.78, 5) is 0. The van der Waals surface area contributed by atoms with E-state index in [1.807, 2.05) is 32.3 Å². The van der Waals surface area contributed by atoms with Gasteiger partial charge >= 0.3 is 0 Å². The van der Waals surface area contributed by atoms with Gasteiger partial charge in [0.05, 0.1) is 5.92 Å². The smallest absolute Gasteiger partial charge is 0.159 e. The molecule has 2 rings (SSSR count). The molecular weight excluding hydrogens is 282 g/mol. The Morgan fingerprint density at radius 2 is 2.18 bits per heavy atom. The fourth-order valence-electron chi connectivity index (χ4n) is 1.83. The first-order valence-corrected chi connectivity index (χ1v) is 6.14. The first-order valence-electron chi connectivity index (χ1n) is 5.35. The van der Waals surface area contributed by atoms with E-state index in [0.29, 0.717) is 0 Å². The molecule has 0 amide bonds. The SMILES string of the molecule is CNCC(c1ccccc1Br)c1nnnn1C. The van der Waals surface area contributed by atoms with E-state index in [-0.39, 0.29) is 5.92 Å². The summed E-state index contributed by atoms with van der Waals surface area (Å²) in [6, 6.07) is 8.13. The van der Waals surface area contributed by atoms with Crippen LogP contribution in [-0.4, -0.2) is 33.8 Å². The van der Waals surface area contributed by atoms with Crippen molar-refractivity contribution in [3.8, 4) is 0 Å². The maximum Gasteiger partial charge on any atom is 0.159 e. The number of halogens is 1. The molecule has 6 heteroatoms. The summed E-state index contributed by atoms with van der Waals surface area (Å²) in [7, 11) is 3.78. The van der Waals surface area contributed by atoms with Gasteiger partial charge in [-0.3, -0.25) is 0 Å². The lowest BCUT2D eigenvalue weighted by molar-refractivity contribution is 0.610. The molecular formula is C11H14BrN5. The first kappa shape index (κ1) is 12.2. The first-order chi connectivity index (χ1) is 8.24. The van der Waals surface area contributed by atoms with Gasteiger partial charge in [0.1, 0.15) is 0 Å². The van der Waals surface area contributed by atoms with Crippen LogP contribution < -0.4 is 5.32 Å². The molecule has 1 unspecified atom stereocenters. The Morgan fingerprint density at radius 1 is 1.41 bits per heavy atom. The molecule has 1 atom stereocenters. The van der Waals surface area contributed by atoms with Crippen LogP contribution in [0.25, 0.3) is 0 Å². The zero-order valence-electron chi connectivity index (χ0n) is 9.76. The van der Waals surface area contributed by atoms with Crippen LogP contribution >= 0.6 is 15.9 Å². The lowest BCUT2D eigenvalue weighted by Crippen LogP contribution is -2.21. The van der Waals surface area contributed by atoms with E-state index in [9.17, 15) is 0 Å². The fourth-order valence-corrected chi connectivity index (χ4v) is 2.39. The van der Waals surface area contributed by atoms with E-state index in [4.69, 9.17) is 0 Å². The normalized spacial score (nSPS) is 12.6. The van der Waals surface area contributed by atoms with Gasteiger partial charge in [-0.05, 0) is 29.1 Å². The van der Waals surface area contributed by atoms with Gasteiger partial charge in [0.2, 0.25) is 0 Å². The van der Waals surface area contributed by atoms with Gasteiger partial charge < -0.3 is 5.32 Å². The maximum absolute atomic E-state index is 4.09. The Bertz CT molecular complexity index is 496. The van der Waals surface area contributed by atoms with Gasteiger partial charge in [-0.15, -0.1) is 5.10 Å². The van der Waals surface area contributed by atoms with Gasteiger partial charge in [-0.2, -0.15) is 0 Å². The van der Waals surface area contributed by atoms with E-state index in [1.165, 1.54) is 5.56 Å². The molecule has 0 fully saturated rings. The summed E-state index contributed by atoms with van der Waals surface area (Å²) < 4.78 is 2.78. The van der Waals surface area contributed by atoms with Crippen molar-refractivity contribution in [2.75, 3.05) is 13.6 Å². The molecule has 2 aromatic rings. The van der Waals surface area contributed by atoms with Crippen LogP contribution in [0.2, 0.25) is 0 Å². The fraction of sp³-hybridized carbons (Fsp3) is 0.364. The summed E-state index contributed by atoms with van der Waals surface area (Å²) in [5.41, 5.74) is 1.18. The van der Waals surface area contributed by atoms with Crippen LogP contribution in [0.5, 0.6) is 0 Å². The second-order valence-electron chi connectivity index (χ2n) is 3.79. The number of likely N-dealkylation sites (N-methyl/N-ethyl adjacent to an activating group) is 1. The Hall–Kier alpha value is -1.27. The molecule has 0 saturated heterocycles. The third-order valence-corrected chi connectivity index (χ3v) is 3.38. The number of benzene rings is 1. The highest BCUT2D eigenvalue weighted by atomic mass is 79.9. The van der Waals surface area contributed by atoms with Gasteiger partial charge in [0, 0.05) is 18.1 Å². The Balaban J connectivity index is 2.43. The topological polar surface area (TPSA) is 55.6 Å². The third-order valence-electron chi connectivity index (χ3n) is 2.65. The van der Waals surface area contributed by atoms with Crippen molar-refractivity contribution in [2.24, 2.45) is 7.05 Å². The standard InChI is InChI=1S/C11H14BrN5/c1-13-7-9(11-14-15-16-17(11)2)8-5-3-4-6-10(8)12/h3-6,9,13H,7H2,1-2H3. The van der Waals surface area contributed by atoms with Crippen LogP contribution in [0.1, 0.15) is 17.3 Å². The molecule has 90 valence electrons. The highest BCUT2D eigenvalue weighted by Crippen LogP contribution is 2.28. The number of aryl methyl sites for hydroxylation is 1. The minimum absolute atomic E-state index is 0.135. The molecule has 5 nitrogen and oxygen atoms in total. The summed E-state index contributed by atoms with van der Waals surface area (Å²) in [5.74, 6) is 0.988. The molecule has 0 aliphatic carbocycles. The minimum atomic E-state index is 0.135. The predicted octanol–water partition coefficient (Wildman–Crippen LogP) is 1.32. The van der Waals surface area contributed by atoms with Crippen LogP contribution in [-0.2, 0) is 7.05 Å². The monoisotopic (exact) mass is 295 g/mol. The molecule has 0 aliphatic heterocycles. The van der Waals surface area contributed by atoms with Gasteiger partial charge in [0.25, 0.3) is 0 Å². The third kappa shape index (κ3) is 2.53. The molecule has 0 spiro atoms. The average molecular weight is 296 g/mol. The van der Waals surface area contributed by atoms with E-state index in [2.05, 4.69) is 42.8 Å². The van der Waals surface area contributed by atoms with Crippen LogP contribution in [0.15, 0.2) is 28.7 Å². The molecule has 17 heavy (non-hydrogen) atoms. The van der Waals surface area contributed by atoms with Crippen molar-refractivity contribution in [1.29, 1.82) is 0 Å². The molecule has 1 aromatic heterocycles. The molecule has 0 bridgehead atoms. The summed E-state index contributed by atoms with van der Waals surface area (Å²) >= 11 is 3.57.